The highest BCUT2D eigenvalue weighted by Crippen LogP contribution is 2.36. The average Bonchev–Trinajstić information content (AvgIpc) is 3.16. The lowest BCUT2D eigenvalue weighted by Gasteiger charge is -2.16. The first-order valence-electron chi connectivity index (χ1n) is 9.95. The topological polar surface area (TPSA) is 57.0 Å². The molecular formula is C24H18ClF2N3O2S. The first-order chi connectivity index (χ1) is 15.9. The lowest BCUT2D eigenvalue weighted by atomic mass is 10.0. The summed E-state index contributed by atoms with van der Waals surface area (Å²) in [5.41, 5.74) is 1.09. The molecule has 9 heteroatoms. The Labute approximate surface area is 198 Å². The number of fused-ring (bicyclic) bond motifs is 1. The van der Waals surface area contributed by atoms with E-state index in [9.17, 15) is 13.6 Å². The summed E-state index contributed by atoms with van der Waals surface area (Å²) in [5.74, 6) is -2.19. The van der Waals surface area contributed by atoms with E-state index in [0.29, 0.717) is 32.4 Å². The van der Waals surface area contributed by atoms with Crippen molar-refractivity contribution in [3.63, 3.8) is 0 Å². The van der Waals surface area contributed by atoms with Crippen molar-refractivity contribution in [2.45, 2.75) is 12.1 Å². The summed E-state index contributed by atoms with van der Waals surface area (Å²) in [6, 6.07) is 12.2. The maximum Gasteiger partial charge on any atom is 0.331 e. The molecule has 0 unspecified atom stereocenters. The molecule has 33 heavy (non-hydrogen) atoms. The van der Waals surface area contributed by atoms with Crippen molar-refractivity contribution in [1.82, 2.24) is 14.5 Å². The van der Waals surface area contributed by atoms with Gasteiger partial charge in [-0.15, -0.1) is 0 Å². The van der Waals surface area contributed by atoms with Gasteiger partial charge in [-0.1, -0.05) is 47.6 Å². The Morgan fingerprint density at radius 3 is 2.58 bits per heavy atom. The summed E-state index contributed by atoms with van der Waals surface area (Å²) in [4.78, 5) is 21.2. The smallest absolute Gasteiger partial charge is 0.331 e. The molecule has 2 aromatic heterocycles. The van der Waals surface area contributed by atoms with Crippen molar-refractivity contribution in [3.8, 4) is 5.69 Å². The van der Waals surface area contributed by atoms with Gasteiger partial charge in [0.1, 0.15) is 23.0 Å². The monoisotopic (exact) mass is 485 g/mol. The van der Waals surface area contributed by atoms with Gasteiger partial charge in [0.25, 0.3) is 0 Å². The second-order valence-electron chi connectivity index (χ2n) is 6.86. The van der Waals surface area contributed by atoms with E-state index in [-0.39, 0.29) is 17.9 Å². The van der Waals surface area contributed by atoms with E-state index < -0.39 is 17.6 Å². The Morgan fingerprint density at radius 1 is 1.18 bits per heavy atom. The van der Waals surface area contributed by atoms with Crippen LogP contribution >= 0.6 is 23.4 Å². The van der Waals surface area contributed by atoms with Gasteiger partial charge in [-0.25, -0.2) is 23.5 Å². The minimum atomic E-state index is -0.785. The number of thioether (sulfide) groups is 1. The van der Waals surface area contributed by atoms with Gasteiger partial charge in [-0.2, -0.15) is 0 Å². The Balaban J connectivity index is 2.12. The lowest BCUT2D eigenvalue weighted by Crippen LogP contribution is -2.09. The standard InChI is InChI=1S/C24H18ClF2N3O2S/c1-3-32-21(31)12-16(15-7-4-5-8-17(15)25)20-11-14-13-28-24(33-2)29-23(14)30(20)22-18(26)9-6-10-19(22)27/h4-13H,3H2,1-2H3. The largest absolute Gasteiger partial charge is 0.463 e. The maximum atomic E-state index is 15.0. The fraction of sp³-hybridized carbons (Fsp3) is 0.125. The van der Waals surface area contributed by atoms with Gasteiger partial charge >= 0.3 is 5.97 Å². The first kappa shape index (κ1) is 22.9. The molecule has 4 aromatic rings. The predicted molar refractivity (Wildman–Crippen MR) is 126 cm³/mol. The number of carbonyl (C=O) groups excluding carboxylic acids is 1. The van der Waals surface area contributed by atoms with E-state index in [1.165, 1.54) is 28.5 Å². The molecule has 0 bridgehead atoms. The molecule has 0 fully saturated rings. The van der Waals surface area contributed by atoms with Crippen molar-refractivity contribution in [2.75, 3.05) is 12.9 Å². The summed E-state index contributed by atoms with van der Waals surface area (Å²) in [6.45, 7) is 1.85. The zero-order valence-corrected chi connectivity index (χ0v) is 19.3. The zero-order chi connectivity index (χ0) is 23.5. The van der Waals surface area contributed by atoms with Crippen LogP contribution in [0.4, 0.5) is 8.78 Å². The number of esters is 1. The fourth-order valence-electron chi connectivity index (χ4n) is 3.47. The molecule has 0 saturated heterocycles. The zero-order valence-electron chi connectivity index (χ0n) is 17.7. The first-order valence-corrected chi connectivity index (χ1v) is 11.6. The molecule has 0 aliphatic carbocycles. The van der Waals surface area contributed by atoms with Gasteiger partial charge in [0, 0.05) is 33.8 Å². The summed E-state index contributed by atoms with van der Waals surface area (Å²) in [5, 5.41) is 1.32. The highest BCUT2D eigenvalue weighted by Gasteiger charge is 2.24. The Morgan fingerprint density at radius 2 is 1.91 bits per heavy atom. The molecule has 0 amide bonds. The second-order valence-corrected chi connectivity index (χ2v) is 8.04. The van der Waals surface area contributed by atoms with Crippen LogP contribution in [0.25, 0.3) is 22.3 Å². The molecule has 168 valence electrons. The highest BCUT2D eigenvalue weighted by molar-refractivity contribution is 7.98. The van der Waals surface area contributed by atoms with Crippen LogP contribution in [0.15, 0.2) is 66.0 Å². The number of para-hydroxylation sites is 1. The summed E-state index contributed by atoms with van der Waals surface area (Å²) in [6.07, 6.45) is 4.63. The van der Waals surface area contributed by atoms with E-state index in [1.807, 2.05) is 0 Å². The molecule has 0 aliphatic heterocycles. The molecular weight excluding hydrogens is 468 g/mol. The van der Waals surface area contributed by atoms with Crippen molar-refractivity contribution < 1.29 is 18.3 Å². The van der Waals surface area contributed by atoms with Crippen LogP contribution in [-0.2, 0) is 9.53 Å². The van der Waals surface area contributed by atoms with E-state index >= 15 is 0 Å². The number of benzene rings is 2. The van der Waals surface area contributed by atoms with Crippen LogP contribution < -0.4 is 0 Å². The molecule has 0 atom stereocenters. The lowest BCUT2D eigenvalue weighted by molar-refractivity contribution is -0.137. The Hall–Kier alpha value is -3.23. The van der Waals surface area contributed by atoms with Crippen LogP contribution in [0, 0.1) is 11.6 Å². The summed E-state index contributed by atoms with van der Waals surface area (Å²) < 4.78 is 36.4. The van der Waals surface area contributed by atoms with Gasteiger partial charge in [0.15, 0.2) is 5.16 Å². The molecule has 2 aromatic carbocycles. The average molecular weight is 486 g/mol. The molecule has 2 heterocycles. The molecule has 0 spiro atoms. The molecule has 0 N–H and O–H groups in total. The highest BCUT2D eigenvalue weighted by atomic mass is 35.5. The van der Waals surface area contributed by atoms with Crippen molar-refractivity contribution in [2.24, 2.45) is 0 Å². The third-order valence-electron chi connectivity index (χ3n) is 4.85. The van der Waals surface area contributed by atoms with Crippen LogP contribution in [0.3, 0.4) is 0 Å². The van der Waals surface area contributed by atoms with Crippen LogP contribution in [0.1, 0.15) is 18.2 Å². The van der Waals surface area contributed by atoms with Crippen molar-refractivity contribution in [1.29, 1.82) is 0 Å². The number of halogens is 3. The van der Waals surface area contributed by atoms with Crippen LogP contribution in [0.5, 0.6) is 0 Å². The van der Waals surface area contributed by atoms with Gasteiger partial charge in [0.2, 0.25) is 0 Å². The predicted octanol–water partition coefficient (Wildman–Crippen LogP) is 6.07. The molecule has 4 rings (SSSR count). The molecule has 0 radical (unpaired) electrons. The molecule has 5 nitrogen and oxygen atoms in total. The van der Waals surface area contributed by atoms with Gasteiger partial charge in [-0.05, 0) is 37.4 Å². The summed E-state index contributed by atoms with van der Waals surface area (Å²) in [7, 11) is 0. The Bertz CT molecular complexity index is 1370. The van der Waals surface area contributed by atoms with Gasteiger partial charge in [-0.3, -0.25) is 4.57 Å². The molecule has 0 saturated carbocycles. The number of ether oxygens (including phenoxy) is 1. The van der Waals surface area contributed by atoms with Crippen molar-refractivity contribution in [3.05, 3.63) is 88.7 Å². The van der Waals surface area contributed by atoms with E-state index in [4.69, 9.17) is 16.3 Å². The SMILES string of the molecule is CCOC(=O)C=C(c1ccccc1Cl)c1cc2cnc(SC)nc2n1-c1c(F)cccc1F. The van der Waals surface area contributed by atoms with Crippen LogP contribution in [0.2, 0.25) is 5.02 Å². The number of carbonyl (C=O) groups is 1. The number of nitrogens with zero attached hydrogens (tertiary/aromatic N) is 3. The fourth-order valence-corrected chi connectivity index (χ4v) is 4.04. The minimum Gasteiger partial charge on any atom is -0.463 e. The number of rotatable bonds is 6. The number of hydrogen-bond acceptors (Lipinski definition) is 5. The minimum absolute atomic E-state index is 0.165. The van der Waals surface area contributed by atoms with Crippen molar-refractivity contribution >= 4 is 45.9 Å². The third kappa shape index (κ3) is 4.49. The quantitative estimate of drug-likeness (QED) is 0.144. The summed E-state index contributed by atoms with van der Waals surface area (Å²) >= 11 is 7.75. The number of hydrogen-bond donors (Lipinski definition) is 0. The second kappa shape index (κ2) is 9.72. The molecule has 0 aliphatic rings. The maximum absolute atomic E-state index is 15.0. The van der Waals surface area contributed by atoms with Gasteiger partial charge < -0.3 is 4.74 Å². The van der Waals surface area contributed by atoms with Crippen LogP contribution in [-0.4, -0.2) is 33.4 Å². The van der Waals surface area contributed by atoms with E-state index in [0.717, 1.165) is 12.1 Å². The van der Waals surface area contributed by atoms with E-state index in [1.54, 1.807) is 49.7 Å². The normalized spacial score (nSPS) is 11.7. The number of aromatic nitrogens is 3. The van der Waals surface area contributed by atoms with Gasteiger partial charge in [0.05, 0.1) is 12.3 Å². The van der Waals surface area contributed by atoms with E-state index in [2.05, 4.69) is 9.97 Å². The Kier molecular flexibility index (Phi) is 6.76. The third-order valence-corrected chi connectivity index (χ3v) is 5.74.